The van der Waals surface area contributed by atoms with Gasteiger partial charge in [0, 0.05) is 12.7 Å². The van der Waals surface area contributed by atoms with E-state index < -0.39 is 40.6 Å². The van der Waals surface area contributed by atoms with Crippen LogP contribution in [0.25, 0.3) is 0 Å². The number of nitriles is 1. The number of hydrogen-bond donors (Lipinski definition) is 1. The molecule has 2 heterocycles. The van der Waals surface area contributed by atoms with Crippen molar-refractivity contribution in [1.29, 1.82) is 5.26 Å². The van der Waals surface area contributed by atoms with Gasteiger partial charge in [0.2, 0.25) is 0 Å². The molecule has 2 aromatic rings. The van der Waals surface area contributed by atoms with Gasteiger partial charge in [-0.2, -0.15) is 18.4 Å². The molecule has 1 aliphatic carbocycles. The van der Waals surface area contributed by atoms with Gasteiger partial charge in [-0.3, -0.25) is 14.5 Å². The second-order valence-electron chi connectivity index (χ2n) is 9.93. The number of halogens is 4. The van der Waals surface area contributed by atoms with E-state index in [1.54, 1.807) is 0 Å². The standard InChI is InChI=1S/C25H23F4N5O2S/c1-23(2)7-4-8-24(13-23)21(36)33(15-9-17(25(27,28)29)19(11-30)32-12-15)22(37)34(24)14-5-6-16(18(26)10-14)20(35)31-3/h5-6,9-10,12H,4,7-8,13H2,1-3H3,(H,31,35)/t24-/m1/s1. The molecule has 0 unspecified atom stereocenters. The molecule has 1 N–H and O–H groups in total. The topological polar surface area (TPSA) is 89.3 Å². The van der Waals surface area contributed by atoms with Crippen LogP contribution in [0.15, 0.2) is 30.5 Å². The normalized spacial score (nSPS) is 21.4. The molecule has 2 amide bonds. The van der Waals surface area contributed by atoms with E-state index in [1.807, 2.05) is 13.8 Å². The third-order valence-electron chi connectivity index (χ3n) is 6.85. The Morgan fingerprint density at radius 1 is 1.22 bits per heavy atom. The van der Waals surface area contributed by atoms with Crippen LogP contribution in [0.1, 0.15) is 61.1 Å². The highest BCUT2D eigenvalue weighted by atomic mass is 32.1. The summed E-state index contributed by atoms with van der Waals surface area (Å²) in [5.41, 5.74) is -3.98. The minimum atomic E-state index is -4.89. The largest absolute Gasteiger partial charge is 0.419 e. The van der Waals surface area contributed by atoms with Crippen LogP contribution in [-0.4, -0.2) is 34.5 Å². The Labute approximate surface area is 216 Å². The number of nitrogens with one attached hydrogen (secondary N) is 1. The molecule has 1 aromatic carbocycles. The number of thiocarbonyl (C=S) groups is 1. The highest BCUT2D eigenvalue weighted by Crippen LogP contribution is 2.50. The average molecular weight is 534 g/mol. The summed E-state index contributed by atoms with van der Waals surface area (Å²) in [7, 11) is 1.36. The Kier molecular flexibility index (Phi) is 6.48. The van der Waals surface area contributed by atoms with E-state index in [2.05, 4.69) is 10.3 Å². The van der Waals surface area contributed by atoms with Crippen molar-refractivity contribution in [3.8, 4) is 6.07 Å². The summed E-state index contributed by atoms with van der Waals surface area (Å²) in [6.07, 6.45) is -1.81. The summed E-state index contributed by atoms with van der Waals surface area (Å²) < 4.78 is 55.9. The first-order chi connectivity index (χ1) is 17.3. The molecule has 0 bridgehead atoms. The highest BCUT2D eigenvalue weighted by Gasteiger charge is 2.59. The van der Waals surface area contributed by atoms with Gasteiger partial charge in [0.05, 0.1) is 23.0 Å². The molecule has 1 aliphatic heterocycles. The lowest BCUT2D eigenvalue weighted by Gasteiger charge is -2.45. The van der Waals surface area contributed by atoms with Crippen molar-refractivity contribution in [3.05, 3.63) is 53.1 Å². The second-order valence-corrected chi connectivity index (χ2v) is 10.3. The van der Waals surface area contributed by atoms with Gasteiger partial charge in [-0.15, -0.1) is 0 Å². The Morgan fingerprint density at radius 3 is 2.49 bits per heavy atom. The van der Waals surface area contributed by atoms with Crippen molar-refractivity contribution in [1.82, 2.24) is 10.3 Å². The number of pyridine rings is 1. The van der Waals surface area contributed by atoms with Crippen LogP contribution < -0.4 is 15.1 Å². The van der Waals surface area contributed by atoms with Gasteiger partial charge in [-0.25, -0.2) is 9.37 Å². The molecular weight excluding hydrogens is 510 g/mol. The van der Waals surface area contributed by atoms with Gasteiger partial charge in [-0.05, 0) is 61.2 Å². The molecule has 2 aliphatic rings. The fourth-order valence-corrected chi connectivity index (χ4v) is 5.77. The summed E-state index contributed by atoms with van der Waals surface area (Å²) in [6, 6.07) is 5.91. The molecule has 12 heteroatoms. The fourth-order valence-electron chi connectivity index (χ4n) is 5.30. The van der Waals surface area contributed by atoms with E-state index in [-0.39, 0.29) is 27.5 Å². The molecule has 0 radical (unpaired) electrons. The van der Waals surface area contributed by atoms with Crippen molar-refractivity contribution < 1.29 is 27.2 Å². The maximum absolute atomic E-state index is 15.0. The molecule has 1 saturated heterocycles. The smallest absolute Gasteiger partial charge is 0.355 e. The fraction of sp³-hybridized carbons (Fsp3) is 0.400. The van der Waals surface area contributed by atoms with Crippen LogP contribution in [0.4, 0.5) is 28.9 Å². The number of amides is 2. The SMILES string of the molecule is CNC(=O)c1ccc(N2C(=S)N(c3cnc(C#N)c(C(F)(F)F)c3)C(=O)[C@]23CCCC(C)(C)C3)cc1F. The molecule has 2 fully saturated rings. The van der Waals surface area contributed by atoms with Crippen molar-refractivity contribution in [3.63, 3.8) is 0 Å². The zero-order valence-corrected chi connectivity index (χ0v) is 21.1. The number of carbonyl (C=O) groups excluding carboxylic acids is 2. The van der Waals surface area contributed by atoms with E-state index in [9.17, 15) is 27.2 Å². The third-order valence-corrected chi connectivity index (χ3v) is 7.22. The summed E-state index contributed by atoms with van der Waals surface area (Å²) >= 11 is 5.64. The molecule has 1 saturated carbocycles. The zero-order valence-electron chi connectivity index (χ0n) is 20.2. The Morgan fingerprint density at radius 2 is 1.92 bits per heavy atom. The number of rotatable bonds is 3. The summed E-state index contributed by atoms with van der Waals surface area (Å²) in [5, 5.41) is 11.3. The molecule has 1 aromatic heterocycles. The molecule has 4 rings (SSSR count). The first kappa shape index (κ1) is 26.5. The molecule has 194 valence electrons. The predicted molar refractivity (Wildman–Crippen MR) is 131 cm³/mol. The molecule has 1 atom stereocenters. The summed E-state index contributed by atoms with van der Waals surface area (Å²) in [6.45, 7) is 3.96. The van der Waals surface area contributed by atoms with Crippen molar-refractivity contribution in [2.75, 3.05) is 16.8 Å². The van der Waals surface area contributed by atoms with Gasteiger partial charge in [-0.1, -0.05) is 20.3 Å². The molecular formula is C25H23F4N5O2S. The molecule has 7 nitrogen and oxygen atoms in total. The lowest BCUT2D eigenvalue weighted by Crippen LogP contribution is -2.54. The van der Waals surface area contributed by atoms with Crippen molar-refractivity contribution in [2.45, 2.75) is 51.2 Å². The third kappa shape index (κ3) is 4.41. The van der Waals surface area contributed by atoms with Crippen molar-refractivity contribution >= 4 is 40.5 Å². The molecule has 1 spiro atoms. The number of aromatic nitrogens is 1. The quantitative estimate of drug-likeness (QED) is 0.444. The van der Waals surface area contributed by atoms with E-state index in [1.165, 1.54) is 30.1 Å². The monoisotopic (exact) mass is 533 g/mol. The van der Waals surface area contributed by atoms with Crippen LogP contribution >= 0.6 is 12.2 Å². The van der Waals surface area contributed by atoms with E-state index in [0.29, 0.717) is 25.3 Å². The number of benzene rings is 1. The summed E-state index contributed by atoms with van der Waals surface area (Å²) in [4.78, 5) is 32.1. The maximum atomic E-state index is 15.0. The van der Waals surface area contributed by atoms with Gasteiger partial charge in [0.25, 0.3) is 11.8 Å². The van der Waals surface area contributed by atoms with Crippen LogP contribution in [-0.2, 0) is 11.0 Å². The van der Waals surface area contributed by atoms with Crippen LogP contribution in [0, 0.1) is 22.6 Å². The summed E-state index contributed by atoms with van der Waals surface area (Å²) in [5.74, 6) is -2.03. The lowest BCUT2D eigenvalue weighted by molar-refractivity contribution is -0.138. The Bertz CT molecular complexity index is 1350. The van der Waals surface area contributed by atoms with Crippen molar-refractivity contribution in [2.24, 2.45) is 5.41 Å². The van der Waals surface area contributed by atoms with E-state index in [0.717, 1.165) is 23.6 Å². The first-order valence-electron chi connectivity index (χ1n) is 11.4. The highest BCUT2D eigenvalue weighted by molar-refractivity contribution is 7.81. The first-order valence-corrected chi connectivity index (χ1v) is 11.8. The average Bonchev–Trinajstić information content (AvgIpc) is 3.02. The Balaban J connectivity index is 1.89. The lowest BCUT2D eigenvalue weighted by atomic mass is 9.67. The van der Waals surface area contributed by atoms with Gasteiger partial charge in [0.1, 0.15) is 17.4 Å². The van der Waals surface area contributed by atoms with Crippen LogP contribution in [0.5, 0.6) is 0 Å². The predicted octanol–water partition coefficient (Wildman–Crippen LogP) is 4.95. The Hall–Kier alpha value is -3.59. The number of alkyl halides is 3. The molecule has 37 heavy (non-hydrogen) atoms. The van der Waals surface area contributed by atoms with Crippen LogP contribution in [0.2, 0.25) is 0 Å². The number of anilines is 2. The number of hydrogen-bond acceptors (Lipinski definition) is 5. The zero-order chi connectivity index (χ0) is 27.3. The minimum absolute atomic E-state index is 0.144. The van der Waals surface area contributed by atoms with Gasteiger partial charge < -0.3 is 10.2 Å². The maximum Gasteiger partial charge on any atom is 0.419 e. The minimum Gasteiger partial charge on any atom is -0.355 e. The second kappa shape index (κ2) is 9.06. The number of nitrogens with zero attached hydrogens (tertiary/aromatic N) is 4. The number of carbonyl (C=O) groups is 2. The van der Waals surface area contributed by atoms with Crippen LogP contribution in [0.3, 0.4) is 0 Å². The van der Waals surface area contributed by atoms with E-state index >= 15 is 0 Å². The van der Waals surface area contributed by atoms with Gasteiger partial charge >= 0.3 is 6.18 Å². The van der Waals surface area contributed by atoms with E-state index in [4.69, 9.17) is 17.5 Å². The van der Waals surface area contributed by atoms with Gasteiger partial charge in [0.15, 0.2) is 10.8 Å².